The zero-order valence-electron chi connectivity index (χ0n) is 18.0. The molecule has 0 aliphatic carbocycles. The van der Waals surface area contributed by atoms with Gasteiger partial charge in [-0.05, 0) is 37.6 Å². The molecule has 4 aromatic rings. The van der Waals surface area contributed by atoms with E-state index < -0.39 is 11.6 Å². The van der Waals surface area contributed by atoms with Crippen LogP contribution in [0.2, 0.25) is 0 Å². The minimum absolute atomic E-state index is 0.438. The van der Waals surface area contributed by atoms with Gasteiger partial charge >= 0.3 is 0 Å². The van der Waals surface area contributed by atoms with Crippen LogP contribution in [0.5, 0.6) is 0 Å². The first-order chi connectivity index (χ1) is 14.8. The molecule has 4 heterocycles. The fourth-order valence-corrected chi connectivity index (χ4v) is 4.12. The second kappa shape index (κ2) is 6.99. The lowest BCUT2D eigenvalue weighted by Gasteiger charge is -2.29. The molecule has 31 heavy (non-hydrogen) atoms. The van der Waals surface area contributed by atoms with Crippen molar-refractivity contribution in [3.05, 3.63) is 78.5 Å². The summed E-state index contributed by atoms with van der Waals surface area (Å²) in [5.41, 5.74) is 6.15. The maximum absolute atomic E-state index is 11.1. The van der Waals surface area contributed by atoms with E-state index in [9.17, 15) is 5.11 Å². The van der Waals surface area contributed by atoms with E-state index in [1.807, 2.05) is 61.8 Å². The van der Waals surface area contributed by atoms with Crippen molar-refractivity contribution in [1.29, 1.82) is 0 Å². The van der Waals surface area contributed by atoms with E-state index in [0.29, 0.717) is 5.82 Å². The molecule has 7 nitrogen and oxygen atoms in total. The lowest BCUT2D eigenvalue weighted by molar-refractivity contribution is 0.119. The number of pyridine rings is 1. The molecule has 7 heteroatoms. The summed E-state index contributed by atoms with van der Waals surface area (Å²) in [4.78, 5) is 19.4. The number of aliphatic hydroxyl groups is 1. The second-order valence-corrected chi connectivity index (χ2v) is 8.51. The fourth-order valence-electron chi connectivity index (χ4n) is 4.12. The van der Waals surface area contributed by atoms with Gasteiger partial charge in [-0.25, -0.2) is 15.0 Å². The number of fused-ring (bicyclic) bond motifs is 1. The van der Waals surface area contributed by atoms with E-state index in [-0.39, 0.29) is 0 Å². The van der Waals surface area contributed by atoms with Crippen LogP contribution in [-0.4, -0.2) is 35.8 Å². The molecular weight excluding hydrogens is 388 g/mol. The van der Waals surface area contributed by atoms with Crippen LogP contribution in [0.25, 0.3) is 16.9 Å². The quantitative estimate of drug-likeness (QED) is 0.546. The lowest BCUT2D eigenvalue weighted by atomic mass is 9.85. The zero-order valence-corrected chi connectivity index (χ0v) is 18.0. The molecule has 1 unspecified atom stereocenters. The Morgan fingerprint density at radius 3 is 2.45 bits per heavy atom. The third-order valence-electron chi connectivity index (χ3n) is 5.94. The first kappa shape index (κ1) is 19.4. The topological polar surface area (TPSA) is 80.0 Å². The van der Waals surface area contributed by atoms with Gasteiger partial charge in [0.25, 0.3) is 0 Å². The molecular formula is C24H24N6O. The van der Waals surface area contributed by atoms with Gasteiger partial charge in [0.05, 0.1) is 30.1 Å². The van der Waals surface area contributed by atoms with E-state index in [1.54, 1.807) is 18.6 Å². The van der Waals surface area contributed by atoms with Crippen molar-refractivity contribution in [2.75, 3.05) is 4.90 Å². The highest BCUT2D eigenvalue weighted by Crippen LogP contribution is 2.48. The molecule has 1 aliphatic rings. The number of hydrogen-bond donors (Lipinski definition) is 1. The predicted molar refractivity (Wildman–Crippen MR) is 119 cm³/mol. The highest BCUT2D eigenvalue weighted by molar-refractivity contribution is 5.77. The minimum Gasteiger partial charge on any atom is -0.372 e. The van der Waals surface area contributed by atoms with Crippen LogP contribution >= 0.6 is 0 Å². The van der Waals surface area contributed by atoms with Gasteiger partial charge in [0, 0.05) is 40.4 Å². The third-order valence-corrected chi connectivity index (χ3v) is 5.94. The Morgan fingerprint density at radius 1 is 0.935 bits per heavy atom. The van der Waals surface area contributed by atoms with Crippen molar-refractivity contribution in [3.63, 3.8) is 0 Å². The molecule has 0 spiro atoms. The van der Waals surface area contributed by atoms with Crippen LogP contribution in [0.4, 0.5) is 11.4 Å². The summed E-state index contributed by atoms with van der Waals surface area (Å²) in [6.07, 6.45) is 8.40. The van der Waals surface area contributed by atoms with Crippen LogP contribution in [0.15, 0.2) is 61.4 Å². The highest BCUT2D eigenvalue weighted by Gasteiger charge is 2.44. The van der Waals surface area contributed by atoms with Crippen molar-refractivity contribution in [1.82, 2.24) is 24.5 Å². The monoisotopic (exact) mass is 412 g/mol. The Kier molecular flexibility index (Phi) is 4.37. The molecule has 1 atom stereocenters. The SMILES string of the molecule is Cc1cc(-n2cnc(-c3ccc4c(c3)N(c3cnc(C)nc3)C(O)C4(C)C)c2)ccn1. The number of benzene rings is 1. The molecule has 0 saturated carbocycles. The number of rotatable bonds is 3. The first-order valence-corrected chi connectivity index (χ1v) is 10.2. The molecule has 0 amide bonds. The van der Waals surface area contributed by atoms with Crippen molar-refractivity contribution < 1.29 is 5.11 Å². The van der Waals surface area contributed by atoms with Crippen LogP contribution in [0.1, 0.15) is 30.9 Å². The largest absolute Gasteiger partial charge is 0.372 e. The predicted octanol–water partition coefficient (Wildman–Crippen LogP) is 4.09. The summed E-state index contributed by atoms with van der Waals surface area (Å²) in [6.45, 7) is 7.91. The maximum Gasteiger partial charge on any atom is 0.140 e. The van der Waals surface area contributed by atoms with Crippen molar-refractivity contribution in [3.8, 4) is 16.9 Å². The van der Waals surface area contributed by atoms with Crippen LogP contribution in [0.3, 0.4) is 0 Å². The molecule has 0 bridgehead atoms. The van der Waals surface area contributed by atoms with Crippen LogP contribution in [0, 0.1) is 13.8 Å². The van der Waals surface area contributed by atoms with Crippen molar-refractivity contribution >= 4 is 11.4 Å². The normalized spacial score (nSPS) is 17.1. The molecule has 1 N–H and O–H groups in total. The van der Waals surface area contributed by atoms with Gasteiger partial charge in [-0.1, -0.05) is 26.0 Å². The number of nitrogens with zero attached hydrogens (tertiary/aromatic N) is 6. The number of aromatic nitrogens is 5. The molecule has 5 rings (SSSR count). The highest BCUT2D eigenvalue weighted by atomic mass is 16.3. The number of imidazole rings is 1. The van der Waals surface area contributed by atoms with Gasteiger partial charge in [-0.3, -0.25) is 4.98 Å². The van der Waals surface area contributed by atoms with E-state index in [1.165, 1.54) is 0 Å². The number of aliphatic hydroxyl groups excluding tert-OH is 1. The summed E-state index contributed by atoms with van der Waals surface area (Å²) < 4.78 is 1.99. The molecule has 1 aromatic carbocycles. The summed E-state index contributed by atoms with van der Waals surface area (Å²) in [7, 11) is 0. The Bertz CT molecular complexity index is 1260. The van der Waals surface area contributed by atoms with Crippen molar-refractivity contribution in [2.24, 2.45) is 0 Å². The van der Waals surface area contributed by atoms with Gasteiger partial charge < -0.3 is 14.6 Å². The Balaban J connectivity index is 1.58. The number of aryl methyl sites for hydroxylation is 2. The average Bonchev–Trinajstić information content (AvgIpc) is 3.32. The Hall–Kier alpha value is -3.58. The molecule has 156 valence electrons. The van der Waals surface area contributed by atoms with Gasteiger partial charge in [-0.15, -0.1) is 0 Å². The lowest BCUT2D eigenvalue weighted by Crippen LogP contribution is -2.38. The van der Waals surface area contributed by atoms with E-state index >= 15 is 0 Å². The second-order valence-electron chi connectivity index (χ2n) is 8.51. The van der Waals surface area contributed by atoms with E-state index in [4.69, 9.17) is 0 Å². The standard InChI is InChI=1S/C24H24N6O/c1-15-9-18(7-8-25-15)29-13-21(28-14-29)17-5-6-20-22(10-17)30(23(31)24(20,3)4)19-11-26-16(2)27-12-19/h5-14,23,31H,1-4H3. The Labute approximate surface area is 181 Å². The zero-order chi connectivity index (χ0) is 21.8. The minimum atomic E-state index is -0.721. The van der Waals surface area contributed by atoms with E-state index in [0.717, 1.165) is 39.6 Å². The molecule has 0 radical (unpaired) electrons. The molecule has 1 aliphatic heterocycles. The molecule has 0 fully saturated rings. The third kappa shape index (κ3) is 3.18. The van der Waals surface area contributed by atoms with Crippen molar-refractivity contribution in [2.45, 2.75) is 39.3 Å². The maximum atomic E-state index is 11.1. The summed E-state index contributed by atoms with van der Waals surface area (Å²) in [5.74, 6) is 0.697. The fraction of sp³-hybridized carbons (Fsp3) is 0.250. The smallest absolute Gasteiger partial charge is 0.140 e. The summed E-state index contributed by atoms with van der Waals surface area (Å²) in [5, 5.41) is 11.1. The summed E-state index contributed by atoms with van der Waals surface area (Å²) >= 11 is 0. The first-order valence-electron chi connectivity index (χ1n) is 10.2. The Morgan fingerprint density at radius 2 is 1.71 bits per heavy atom. The molecule has 3 aromatic heterocycles. The van der Waals surface area contributed by atoms with Crippen LogP contribution in [-0.2, 0) is 5.41 Å². The van der Waals surface area contributed by atoms with E-state index in [2.05, 4.69) is 38.1 Å². The average molecular weight is 412 g/mol. The van der Waals surface area contributed by atoms with Gasteiger partial charge in [0.1, 0.15) is 12.1 Å². The van der Waals surface area contributed by atoms with Crippen LogP contribution < -0.4 is 4.90 Å². The summed E-state index contributed by atoms with van der Waals surface area (Å²) in [6, 6.07) is 10.2. The van der Waals surface area contributed by atoms with Gasteiger partial charge in [-0.2, -0.15) is 0 Å². The molecule has 0 saturated heterocycles. The van der Waals surface area contributed by atoms with Gasteiger partial charge in [0.2, 0.25) is 0 Å². The number of hydrogen-bond acceptors (Lipinski definition) is 6. The number of anilines is 2. The van der Waals surface area contributed by atoms with Gasteiger partial charge in [0.15, 0.2) is 0 Å².